The highest BCUT2D eigenvalue weighted by Crippen LogP contribution is 2.25. The monoisotopic (exact) mass is 219 g/mol. The van der Waals surface area contributed by atoms with E-state index < -0.39 is 6.36 Å². The molecule has 0 aromatic heterocycles. The van der Waals surface area contributed by atoms with Gasteiger partial charge in [-0.2, -0.15) is 0 Å². The lowest BCUT2D eigenvalue weighted by molar-refractivity contribution is -0.274. The third-order valence-corrected chi connectivity index (χ3v) is 1.31. The first-order valence-corrected chi connectivity index (χ1v) is 3.82. The topological polar surface area (TPSA) is 73.6 Å². The van der Waals surface area contributed by atoms with Crippen molar-refractivity contribution in [1.82, 2.24) is 0 Å². The van der Waals surface area contributed by atoms with E-state index in [0.29, 0.717) is 0 Å². The second-order valence-electron chi connectivity index (χ2n) is 2.58. The van der Waals surface area contributed by atoms with E-state index in [1.54, 1.807) is 0 Å². The van der Waals surface area contributed by atoms with Gasteiger partial charge < -0.3 is 16.2 Å². The van der Waals surface area contributed by atoms with E-state index >= 15 is 0 Å². The fraction of sp³-hybridized carbons (Fsp3) is 0.125. The number of ether oxygens (including phenoxy) is 1. The highest BCUT2D eigenvalue weighted by atomic mass is 19.4. The molecule has 0 spiro atoms. The summed E-state index contributed by atoms with van der Waals surface area (Å²) in [5.74, 6) is -0.607. The van der Waals surface area contributed by atoms with Gasteiger partial charge in [-0.25, -0.2) is 4.99 Å². The zero-order chi connectivity index (χ0) is 11.5. The van der Waals surface area contributed by atoms with Crippen LogP contribution in [0.1, 0.15) is 0 Å². The van der Waals surface area contributed by atoms with Crippen LogP contribution in [0.15, 0.2) is 29.3 Å². The maximum Gasteiger partial charge on any atom is 0.573 e. The van der Waals surface area contributed by atoms with Gasteiger partial charge in [-0.05, 0) is 12.1 Å². The van der Waals surface area contributed by atoms with E-state index in [9.17, 15) is 13.2 Å². The van der Waals surface area contributed by atoms with E-state index in [2.05, 4.69) is 9.73 Å². The summed E-state index contributed by atoms with van der Waals surface area (Å²) >= 11 is 0. The summed E-state index contributed by atoms with van der Waals surface area (Å²) in [4.78, 5) is 3.57. The molecule has 0 atom stereocenters. The van der Waals surface area contributed by atoms with Crippen molar-refractivity contribution in [2.45, 2.75) is 6.36 Å². The zero-order valence-electron chi connectivity index (χ0n) is 7.45. The second kappa shape index (κ2) is 4.07. The molecule has 0 radical (unpaired) electrons. The largest absolute Gasteiger partial charge is 0.573 e. The van der Waals surface area contributed by atoms with Crippen molar-refractivity contribution in [2.75, 3.05) is 0 Å². The van der Waals surface area contributed by atoms with Crippen LogP contribution in [0.4, 0.5) is 18.9 Å². The molecular weight excluding hydrogens is 211 g/mol. The molecule has 0 fully saturated rings. The maximum absolute atomic E-state index is 11.8. The van der Waals surface area contributed by atoms with Crippen molar-refractivity contribution in [1.29, 1.82) is 0 Å². The molecule has 4 N–H and O–H groups in total. The van der Waals surface area contributed by atoms with Crippen LogP contribution in [-0.2, 0) is 0 Å². The summed E-state index contributed by atoms with van der Waals surface area (Å²) in [6, 6.07) is 5.03. The first-order valence-electron chi connectivity index (χ1n) is 3.82. The van der Waals surface area contributed by atoms with Crippen molar-refractivity contribution in [3.8, 4) is 5.75 Å². The lowest BCUT2D eigenvalue weighted by Crippen LogP contribution is -2.21. The van der Waals surface area contributed by atoms with E-state index in [-0.39, 0.29) is 17.4 Å². The maximum atomic E-state index is 11.8. The van der Waals surface area contributed by atoms with Gasteiger partial charge in [-0.1, -0.05) is 6.07 Å². The second-order valence-corrected chi connectivity index (χ2v) is 2.58. The molecule has 0 amide bonds. The molecule has 82 valence electrons. The van der Waals surface area contributed by atoms with Gasteiger partial charge in [0, 0.05) is 6.07 Å². The van der Waals surface area contributed by atoms with Crippen molar-refractivity contribution in [3.63, 3.8) is 0 Å². The molecule has 4 nitrogen and oxygen atoms in total. The molecule has 0 saturated heterocycles. The van der Waals surface area contributed by atoms with E-state index in [4.69, 9.17) is 11.5 Å². The Morgan fingerprint density at radius 3 is 2.47 bits per heavy atom. The molecular formula is C8H8F3N3O. The Hall–Kier alpha value is -1.92. The number of nitrogens with zero attached hydrogens (tertiary/aromatic N) is 1. The van der Waals surface area contributed by atoms with Gasteiger partial charge in [0.1, 0.15) is 5.75 Å². The molecule has 0 saturated carbocycles. The smallest absolute Gasteiger partial charge is 0.406 e. The molecule has 1 aromatic rings. The fourth-order valence-electron chi connectivity index (χ4n) is 0.899. The van der Waals surface area contributed by atoms with Crippen molar-refractivity contribution >= 4 is 11.6 Å². The first kappa shape index (κ1) is 11.2. The average molecular weight is 219 g/mol. The molecule has 0 bridgehead atoms. The number of guanidine groups is 1. The van der Waals surface area contributed by atoms with Crippen molar-refractivity contribution in [2.24, 2.45) is 16.5 Å². The predicted molar refractivity (Wildman–Crippen MR) is 48.6 cm³/mol. The molecule has 7 heteroatoms. The number of nitrogens with two attached hydrogens (primary N) is 2. The lowest BCUT2D eigenvalue weighted by atomic mass is 10.3. The Balaban J connectivity index is 2.88. The minimum Gasteiger partial charge on any atom is -0.406 e. The summed E-state index contributed by atoms with van der Waals surface area (Å²) in [6.07, 6.45) is -4.73. The Morgan fingerprint density at radius 2 is 1.93 bits per heavy atom. The summed E-state index contributed by atoms with van der Waals surface area (Å²) in [7, 11) is 0. The van der Waals surface area contributed by atoms with Crippen LogP contribution in [0.2, 0.25) is 0 Å². The number of benzene rings is 1. The number of rotatable bonds is 2. The van der Waals surface area contributed by atoms with Gasteiger partial charge in [-0.3, -0.25) is 0 Å². The molecule has 15 heavy (non-hydrogen) atoms. The summed E-state index contributed by atoms with van der Waals surface area (Å²) in [5.41, 5.74) is 10.3. The van der Waals surface area contributed by atoms with Crippen LogP contribution >= 0.6 is 0 Å². The summed E-state index contributed by atoms with van der Waals surface area (Å²) in [6.45, 7) is 0. The molecule has 0 unspecified atom stereocenters. The van der Waals surface area contributed by atoms with Crippen molar-refractivity contribution < 1.29 is 17.9 Å². The Bertz CT molecular complexity index is 372. The van der Waals surface area contributed by atoms with E-state index in [1.807, 2.05) is 0 Å². The van der Waals surface area contributed by atoms with Crippen LogP contribution < -0.4 is 16.2 Å². The molecule has 1 aromatic carbocycles. The fourth-order valence-corrected chi connectivity index (χ4v) is 0.899. The van der Waals surface area contributed by atoms with Crippen LogP contribution in [0, 0.1) is 0 Å². The van der Waals surface area contributed by atoms with Gasteiger partial charge in [0.25, 0.3) is 0 Å². The van der Waals surface area contributed by atoms with Crippen molar-refractivity contribution in [3.05, 3.63) is 24.3 Å². The normalized spacial score (nSPS) is 10.9. The molecule has 0 aliphatic rings. The standard InChI is InChI=1S/C8H8F3N3O/c9-8(10,11)15-6-3-1-2-5(4-6)14-7(12)13/h1-4H,(H4,12,13,14). The molecule has 0 aliphatic heterocycles. The van der Waals surface area contributed by atoms with Crippen LogP contribution in [0.3, 0.4) is 0 Å². The number of hydrogen-bond donors (Lipinski definition) is 2. The van der Waals surface area contributed by atoms with Crippen LogP contribution in [0.25, 0.3) is 0 Å². The Kier molecular flexibility index (Phi) is 3.03. The van der Waals surface area contributed by atoms with Gasteiger partial charge in [-0.15, -0.1) is 13.2 Å². The first-order chi connectivity index (χ1) is 6.87. The Morgan fingerprint density at radius 1 is 1.27 bits per heavy atom. The molecule has 0 heterocycles. The minimum absolute atomic E-state index is 0.191. The summed E-state index contributed by atoms with van der Waals surface area (Å²) in [5, 5.41) is 0. The van der Waals surface area contributed by atoms with Gasteiger partial charge >= 0.3 is 6.36 Å². The minimum atomic E-state index is -4.73. The number of hydrogen-bond acceptors (Lipinski definition) is 2. The van der Waals surface area contributed by atoms with Gasteiger partial charge in [0.15, 0.2) is 5.96 Å². The van der Waals surface area contributed by atoms with Crippen LogP contribution in [-0.4, -0.2) is 12.3 Å². The highest BCUT2D eigenvalue weighted by Gasteiger charge is 2.31. The number of halogens is 3. The quantitative estimate of drug-likeness (QED) is 0.584. The predicted octanol–water partition coefficient (Wildman–Crippen LogP) is 1.49. The SMILES string of the molecule is NC(N)=Nc1cccc(OC(F)(F)F)c1. The third kappa shape index (κ3) is 4.21. The van der Waals surface area contributed by atoms with Crippen LogP contribution in [0.5, 0.6) is 5.75 Å². The molecule has 0 aliphatic carbocycles. The Labute approximate surface area is 83.3 Å². The van der Waals surface area contributed by atoms with E-state index in [1.165, 1.54) is 12.1 Å². The van der Waals surface area contributed by atoms with Gasteiger partial charge in [0.2, 0.25) is 0 Å². The summed E-state index contributed by atoms with van der Waals surface area (Å²) < 4.78 is 39.2. The number of aliphatic imine (C=N–C) groups is 1. The number of alkyl halides is 3. The average Bonchev–Trinajstić information content (AvgIpc) is 1.99. The lowest BCUT2D eigenvalue weighted by Gasteiger charge is -2.08. The zero-order valence-corrected chi connectivity index (χ0v) is 7.45. The van der Waals surface area contributed by atoms with E-state index in [0.717, 1.165) is 12.1 Å². The third-order valence-electron chi connectivity index (χ3n) is 1.31. The molecule has 1 rings (SSSR count). The highest BCUT2D eigenvalue weighted by molar-refractivity contribution is 5.79. The van der Waals surface area contributed by atoms with Gasteiger partial charge in [0.05, 0.1) is 5.69 Å².